The van der Waals surface area contributed by atoms with E-state index in [-0.39, 0.29) is 18.1 Å². The van der Waals surface area contributed by atoms with Crippen LogP contribution in [-0.4, -0.2) is 22.4 Å². The van der Waals surface area contributed by atoms with Gasteiger partial charge in [0.15, 0.2) is 0 Å². The summed E-state index contributed by atoms with van der Waals surface area (Å²) in [6, 6.07) is 0. The molecule has 4 atom stereocenters. The van der Waals surface area contributed by atoms with Gasteiger partial charge in [0.05, 0.1) is 12.2 Å². The Morgan fingerprint density at radius 2 is 1.41 bits per heavy atom. The molecule has 0 aliphatic heterocycles. The van der Waals surface area contributed by atoms with Crippen molar-refractivity contribution in [2.75, 3.05) is 0 Å². The Balaban J connectivity index is 3.95. The average molecular weight is 244 g/mol. The summed E-state index contributed by atoms with van der Waals surface area (Å²) in [6.07, 6.45) is 6.93. The maximum atomic E-state index is 10.2. The topological polar surface area (TPSA) is 40.5 Å². The predicted molar refractivity (Wildman–Crippen MR) is 74.0 cm³/mol. The van der Waals surface area contributed by atoms with Gasteiger partial charge >= 0.3 is 0 Å². The van der Waals surface area contributed by atoms with Gasteiger partial charge in [0.25, 0.3) is 0 Å². The minimum Gasteiger partial charge on any atom is -0.393 e. The summed E-state index contributed by atoms with van der Waals surface area (Å²) in [5.74, 6) is 0.296. The summed E-state index contributed by atoms with van der Waals surface area (Å²) in [6.45, 7) is 8.40. The fraction of sp³-hybridized carbons (Fsp3) is 1.00. The highest BCUT2D eigenvalue weighted by atomic mass is 16.3. The van der Waals surface area contributed by atoms with Crippen LogP contribution in [0, 0.1) is 11.8 Å². The highest BCUT2D eigenvalue weighted by molar-refractivity contribution is 4.76. The van der Waals surface area contributed by atoms with Gasteiger partial charge in [0, 0.05) is 5.92 Å². The summed E-state index contributed by atoms with van der Waals surface area (Å²) in [5.41, 5.74) is 0. The van der Waals surface area contributed by atoms with Crippen molar-refractivity contribution in [2.24, 2.45) is 11.8 Å². The first-order valence-corrected chi connectivity index (χ1v) is 7.40. The Bertz CT molecular complexity index is 170. The van der Waals surface area contributed by atoms with E-state index >= 15 is 0 Å². The number of unbranched alkanes of at least 4 members (excludes halogenated alkanes) is 3. The Morgan fingerprint density at radius 3 is 1.94 bits per heavy atom. The van der Waals surface area contributed by atoms with E-state index in [0.29, 0.717) is 5.92 Å². The van der Waals surface area contributed by atoms with Gasteiger partial charge in [-0.1, -0.05) is 59.8 Å². The summed E-state index contributed by atoms with van der Waals surface area (Å²) < 4.78 is 0. The normalized spacial score (nSPS) is 18.7. The molecule has 2 N–H and O–H groups in total. The Labute approximate surface area is 107 Å². The summed E-state index contributed by atoms with van der Waals surface area (Å²) >= 11 is 0. The molecule has 2 heteroatoms. The minimum atomic E-state index is -0.363. The van der Waals surface area contributed by atoms with E-state index in [1.165, 1.54) is 19.3 Å². The highest BCUT2D eigenvalue weighted by Crippen LogP contribution is 2.23. The predicted octanol–water partition coefficient (Wildman–Crippen LogP) is 3.75. The lowest BCUT2D eigenvalue weighted by Crippen LogP contribution is -2.34. The molecule has 0 unspecified atom stereocenters. The van der Waals surface area contributed by atoms with E-state index in [2.05, 4.69) is 20.8 Å². The second-order valence-electron chi connectivity index (χ2n) is 5.53. The molecule has 0 radical (unpaired) electrons. The van der Waals surface area contributed by atoms with Crippen molar-refractivity contribution in [2.45, 2.75) is 84.8 Å². The van der Waals surface area contributed by atoms with Crippen LogP contribution in [0.15, 0.2) is 0 Å². The highest BCUT2D eigenvalue weighted by Gasteiger charge is 2.26. The second-order valence-corrected chi connectivity index (χ2v) is 5.53. The molecule has 0 aromatic rings. The molecule has 0 aromatic heterocycles. The van der Waals surface area contributed by atoms with E-state index < -0.39 is 0 Å². The molecule has 0 heterocycles. The molecule has 104 valence electrons. The molecule has 0 spiro atoms. The van der Waals surface area contributed by atoms with E-state index in [4.69, 9.17) is 0 Å². The van der Waals surface area contributed by atoms with E-state index in [0.717, 1.165) is 25.7 Å². The number of aliphatic hydroxyl groups excluding tert-OH is 2. The molecule has 2 nitrogen and oxygen atoms in total. The molecular weight excluding hydrogens is 212 g/mol. The van der Waals surface area contributed by atoms with Gasteiger partial charge in [0.2, 0.25) is 0 Å². The van der Waals surface area contributed by atoms with Crippen LogP contribution in [-0.2, 0) is 0 Å². The largest absolute Gasteiger partial charge is 0.393 e. The van der Waals surface area contributed by atoms with E-state index in [1.807, 2.05) is 6.92 Å². The van der Waals surface area contributed by atoms with Gasteiger partial charge in [-0.15, -0.1) is 0 Å². The first kappa shape index (κ1) is 16.9. The van der Waals surface area contributed by atoms with Gasteiger partial charge in [-0.2, -0.15) is 0 Å². The van der Waals surface area contributed by atoms with Gasteiger partial charge in [-0.05, 0) is 18.8 Å². The first-order valence-electron chi connectivity index (χ1n) is 7.40. The number of aliphatic hydroxyl groups is 2. The molecule has 0 aliphatic carbocycles. The zero-order valence-electron chi connectivity index (χ0n) is 12.2. The van der Waals surface area contributed by atoms with Crippen LogP contribution >= 0.6 is 0 Å². The summed E-state index contributed by atoms with van der Waals surface area (Å²) in [7, 11) is 0. The summed E-state index contributed by atoms with van der Waals surface area (Å²) in [5, 5.41) is 20.2. The van der Waals surface area contributed by atoms with Crippen molar-refractivity contribution in [1.29, 1.82) is 0 Å². The van der Waals surface area contributed by atoms with Gasteiger partial charge in [0.1, 0.15) is 0 Å². The van der Waals surface area contributed by atoms with Gasteiger partial charge < -0.3 is 10.2 Å². The first-order chi connectivity index (χ1) is 8.04. The average Bonchev–Trinajstić information content (AvgIpc) is 2.34. The Morgan fingerprint density at radius 1 is 0.824 bits per heavy atom. The number of hydrogen-bond acceptors (Lipinski definition) is 2. The monoisotopic (exact) mass is 244 g/mol. The molecule has 0 bridgehead atoms. The van der Waals surface area contributed by atoms with E-state index in [9.17, 15) is 10.2 Å². The maximum Gasteiger partial charge on any atom is 0.0615 e. The minimum absolute atomic E-state index is 0.00119. The molecule has 0 fully saturated rings. The van der Waals surface area contributed by atoms with Crippen LogP contribution in [0.3, 0.4) is 0 Å². The quantitative estimate of drug-likeness (QED) is 0.575. The van der Waals surface area contributed by atoms with Crippen molar-refractivity contribution in [1.82, 2.24) is 0 Å². The lowest BCUT2D eigenvalue weighted by molar-refractivity contribution is -0.0123. The van der Waals surface area contributed by atoms with Crippen LogP contribution in [0.2, 0.25) is 0 Å². The maximum absolute atomic E-state index is 10.2. The SMILES string of the molecule is CCCCC[C@H](O)[C@@H](C)[C@H](O)[C@H](C)CCCC. The number of rotatable bonds is 10. The third kappa shape index (κ3) is 7.05. The Hall–Kier alpha value is -0.0800. The fourth-order valence-electron chi connectivity index (χ4n) is 2.31. The van der Waals surface area contributed by atoms with Gasteiger partial charge in [-0.25, -0.2) is 0 Å². The van der Waals surface area contributed by atoms with Crippen LogP contribution in [0.25, 0.3) is 0 Å². The van der Waals surface area contributed by atoms with Crippen molar-refractivity contribution in [3.05, 3.63) is 0 Å². The third-order valence-corrected chi connectivity index (χ3v) is 3.85. The third-order valence-electron chi connectivity index (χ3n) is 3.85. The molecule has 0 aliphatic rings. The molecule has 0 saturated carbocycles. The molecule has 0 aromatic carbocycles. The van der Waals surface area contributed by atoms with Crippen LogP contribution in [0.5, 0.6) is 0 Å². The zero-order valence-corrected chi connectivity index (χ0v) is 12.2. The Kier molecular flexibility index (Phi) is 9.85. The van der Waals surface area contributed by atoms with Crippen LogP contribution in [0.4, 0.5) is 0 Å². The second kappa shape index (κ2) is 9.90. The van der Waals surface area contributed by atoms with Crippen molar-refractivity contribution >= 4 is 0 Å². The van der Waals surface area contributed by atoms with Crippen LogP contribution < -0.4 is 0 Å². The standard InChI is InChI=1S/C15H32O2/c1-5-7-9-11-14(16)13(4)15(17)12(3)10-8-6-2/h12-17H,5-11H2,1-4H3/t12-,13-,14+,15-/m1/s1. The molecular formula is C15H32O2. The summed E-state index contributed by atoms with van der Waals surface area (Å²) in [4.78, 5) is 0. The van der Waals surface area contributed by atoms with Crippen molar-refractivity contribution < 1.29 is 10.2 Å². The molecule has 0 amide bonds. The zero-order chi connectivity index (χ0) is 13.3. The lowest BCUT2D eigenvalue weighted by atomic mass is 9.85. The van der Waals surface area contributed by atoms with Gasteiger partial charge in [-0.3, -0.25) is 0 Å². The number of hydrogen-bond donors (Lipinski definition) is 2. The fourth-order valence-corrected chi connectivity index (χ4v) is 2.31. The van der Waals surface area contributed by atoms with Crippen molar-refractivity contribution in [3.8, 4) is 0 Å². The smallest absolute Gasteiger partial charge is 0.0615 e. The van der Waals surface area contributed by atoms with Crippen molar-refractivity contribution in [3.63, 3.8) is 0 Å². The molecule has 0 rings (SSSR count). The molecule has 17 heavy (non-hydrogen) atoms. The lowest BCUT2D eigenvalue weighted by Gasteiger charge is -2.28. The van der Waals surface area contributed by atoms with Crippen LogP contribution in [0.1, 0.15) is 72.6 Å². The molecule has 0 saturated heterocycles. The van der Waals surface area contributed by atoms with E-state index in [1.54, 1.807) is 0 Å².